The summed E-state index contributed by atoms with van der Waals surface area (Å²) in [6, 6.07) is 0. The van der Waals surface area contributed by atoms with E-state index in [1.165, 1.54) is 6.20 Å². The molecule has 0 saturated heterocycles. The molecule has 0 spiro atoms. The Labute approximate surface area is 95.1 Å². The van der Waals surface area contributed by atoms with Gasteiger partial charge in [-0.3, -0.25) is 0 Å². The van der Waals surface area contributed by atoms with Crippen molar-refractivity contribution in [2.45, 2.75) is 26.3 Å². The van der Waals surface area contributed by atoms with Crippen LogP contribution < -0.4 is 0 Å². The van der Waals surface area contributed by atoms with E-state index in [1.54, 1.807) is 0 Å². The van der Waals surface area contributed by atoms with Crippen molar-refractivity contribution in [1.29, 1.82) is 0 Å². The Balaban J connectivity index is 3.12. The molecular formula is C11H17N3O2. The van der Waals surface area contributed by atoms with Crippen LogP contribution in [-0.4, -0.2) is 40.0 Å². The average Bonchev–Trinajstić information content (AvgIpc) is 2.16. The molecule has 5 heteroatoms. The fourth-order valence-electron chi connectivity index (χ4n) is 1.40. The van der Waals surface area contributed by atoms with Crippen LogP contribution in [0.5, 0.6) is 0 Å². The maximum absolute atomic E-state index is 11.0. The van der Waals surface area contributed by atoms with Gasteiger partial charge >= 0.3 is 5.97 Å². The maximum atomic E-state index is 11.0. The van der Waals surface area contributed by atoms with E-state index in [4.69, 9.17) is 5.11 Å². The summed E-state index contributed by atoms with van der Waals surface area (Å²) in [7, 11) is 3.84. The van der Waals surface area contributed by atoms with Crippen LogP contribution in [0.2, 0.25) is 0 Å². The molecule has 16 heavy (non-hydrogen) atoms. The number of hydrogen-bond donors (Lipinski definition) is 1. The average molecular weight is 223 g/mol. The molecule has 0 unspecified atom stereocenters. The van der Waals surface area contributed by atoms with Crippen LogP contribution in [0.15, 0.2) is 6.20 Å². The van der Waals surface area contributed by atoms with Crippen molar-refractivity contribution in [3.63, 3.8) is 0 Å². The second-order valence-electron chi connectivity index (χ2n) is 4.28. The molecule has 0 aliphatic heterocycles. The van der Waals surface area contributed by atoms with E-state index in [-0.39, 0.29) is 11.5 Å². The second kappa shape index (κ2) is 5.03. The van der Waals surface area contributed by atoms with Gasteiger partial charge in [-0.05, 0) is 20.0 Å². The molecule has 1 N–H and O–H groups in total. The van der Waals surface area contributed by atoms with Gasteiger partial charge in [-0.15, -0.1) is 0 Å². The summed E-state index contributed by atoms with van der Waals surface area (Å²) < 4.78 is 0. The zero-order valence-electron chi connectivity index (χ0n) is 10.1. The van der Waals surface area contributed by atoms with Crippen LogP contribution in [0.1, 0.15) is 41.6 Å². The van der Waals surface area contributed by atoms with Crippen molar-refractivity contribution in [3.05, 3.63) is 23.3 Å². The highest BCUT2D eigenvalue weighted by Gasteiger charge is 2.16. The molecule has 0 bridgehead atoms. The summed E-state index contributed by atoms with van der Waals surface area (Å²) in [4.78, 5) is 21.3. The van der Waals surface area contributed by atoms with E-state index in [0.29, 0.717) is 18.1 Å². The topological polar surface area (TPSA) is 66.3 Å². The highest BCUT2D eigenvalue weighted by Crippen LogP contribution is 2.16. The molecule has 0 fully saturated rings. The fourth-order valence-corrected chi connectivity index (χ4v) is 1.40. The van der Waals surface area contributed by atoms with Crippen LogP contribution in [0.25, 0.3) is 0 Å². The Hall–Kier alpha value is -1.49. The third-order valence-corrected chi connectivity index (χ3v) is 2.10. The monoisotopic (exact) mass is 223 g/mol. The Bertz CT molecular complexity index is 389. The highest BCUT2D eigenvalue weighted by atomic mass is 16.4. The molecule has 0 saturated carbocycles. The molecule has 0 radical (unpaired) electrons. The molecule has 0 aromatic carbocycles. The zero-order chi connectivity index (χ0) is 12.3. The number of hydrogen-bond acceptors (Lipinski definition) is 4. The number of rotatable bonds is 4. The number of aromatic nitrogens is 2. The first-order valence-corrected chi connectivity index (χ1v) is 5.15. The number of aromatic carboxylic acids is 1. The Morgan fingerprint density at radius 2 is 2.12 bits per heavy atom. The van der Waals surface area contributed by atoms with Crippen molar-refractivity contribution in [1.82, 2.24) is 14.9 Å². The van der Waals surface area contributed by atoms with Crippen LogP contribution in [0, 0.1) is 0 Å². The minimum absolute atomic E-state index is 0.0787. The molecule has 88 valence electrons. The molecular weight excluding hydrogens is 206 g/mol. The normalized spacial score (nSPS) is 11.1. The van der Waals surface area contributed by atoms with Gasteiger partial charge in [0.2, 0.25) is 0 Å². The van der Waals surface area contributed by atoms with Crippen molar-refractivity contribution in [2.75, 3.05) is 14.1 Å². The number of carboxylic acids is 1. The van der Waals surface area contributed by atoms with Gasteiger partial charge in [0.1, 0.15) is 5.82 Å². The van der Waals surface area contributed by atoms with Crippen molar-refractivity contribution < 1.29 is 9.90 Å². The molecule has 0 aliphatic rings. The summed E-state index contributed by atoms with van der Waals surface area (Å²) in [6.45, 7) is 4.46. The molecule has 1 heterocycles. The Kier molecular flexibility index (Phi) is 3.95. The summed E-state index contributed by atoms with van der Waals surface area (Å²) in [6.07, 6.45) is 1.39. The standard InChI is InChI=1S/C11H17N3O2/c1-7(2)10-8(11(15)16)5-12-9(13-10)6-14(3)4/h5,7H,6H2,1-4H3,(H,15,16). The molecule has 0 aliphatic carbocycles. The van der Waals surface area contributed by atoms with Crippen molar-refractivity contribution in [3.8, 4) is 0 Å². The largest absolute Gasteiger partial charge is 0.478 e. The molecule has 1 rings (SSSR count). The molecule has 0 amide bonds. The van der Waals surface area contributed by atoms with E-state index in [0.717, 1.165) is 0 Å². The smallest absolute Gasteiger partial charge is 0.339 e. The van der Waals surface area contributed by atoms with Gasteiger partial charge in [-0.25, -0.2) is 14.8 Å². The van der Waals surface area contributed by atoms with Gasteiger partial charge < -0.3 is 10.0 Å². The van der Waals surface area contributed by atoms with Crippen LogP contribution in [0.3, 0.4) is 0 Å². The van der Waals surface area contributed by atoms with Gasteiger partial charge in [0.15, 0.2) is 0 Å². The SMILES string of the molecule is CC(C)c1nc(CN(C)C)ncc1C(=O)O. The van der Waals surface area contributed by atoms with E-state index < -0.39 is 5.97 Å². The lowest BCUT2D eigenvalue weighted by molar-refractivity contribution is 0.0694. The lowest BCUT2D eigenvalue weighted by Gasteiger charge is -2.12. The summed E-state index contributed by atoms with van der Waals surface area (Å²) in [5.74, 6) is -0.242. The Morgan fingerprint density at radius 1 is 1.50 bits per heavy atom. The fraction of sp³-hybridized carbons (Fsp3) is 0.545. The highest BCUT2D eigenvalue weighted by molar-refractivity contribution is 5.88. The lowest BCUT2D eigenvalue weighted by atomic mass is 10.1. The Morgan fingerprint density at radius 3 is 2.56 bits per heavy atom. The first-order chi connectivity index (χ1) is 7.41. The van der Waals surface area contributed by atoms with Gasteiger partial charge in [-0.1, -0.05) is 13.8 Å². The minimum atomic E-state index is -0.972. The second-order valence-corrected chi connectivity index (χ2v) is 4.28. The van der Waals surface area contributed by atoms with Gasteiger partial charge in [-0.2, -0.15) is 0 Å². The van der Waals surface area contributed by atoms with E-state index in [9.17, 15) is 4.79 Å². The molecule has 0 atom stereocenters. The summed E-state index contributed by atoms with van der Waals surface area (Å²) in [5.41, 5.74) is 0.789. The van der Waals surface area contributed by atoms with Crippen LogP contribution in [0.4, 0.5) is 0 Å². The quantitative estimate of drug-likeness (QED) is 0.834. The third kappa shape index (κ3) is 3.00. The predicted octanol–water partition coefficient (Wildman–Crippen LogP) is 1.36. The summed E-state index contributed by atoms with van der Waals surface area (Å²) >= 11 is 0. The van der Waals surface area contributed by atoms with Crippen LogP contribution >= 0.6 is 0 Å². The zero-order valence-corrected chi connectivity index (χ0v) is 10.1. The molecule has 1 aromatic heterocycles. The number of nitrogens with zero attached hydrogens (tertiary/aromatic N) is 3. The molecule has 1 aromatic rings. The van der Waals surface area contributed by atoms with Gasteiger partial charge in [0, 0.05) is 6.20 Å². The first kappa shape index (κ1) is 12.6. The predicted molar refractivity (Wildman–Crippen MR) is 60.5 cm³/mol. The summed E-state index contributed by atoms with van der Waals surface area (Å²) in [5, 5.41) is 9.00. The number of carboxylic acid groups (broad SMARTS) is 1. The third-order valence-electron chi connectivity index (χ3n) is 2.10. The van der Waals surface area contributed by atoms with Gasteiger partial charge in [0.05, 0.1) is 17.8 Å². The molecule has 5 nitrogen and oxygen atoms in total. The number of carbonyl (C=O) groups is 1. The minimum Gasteiger partial charge on any atom is -0.478 e. The van der Waals surface area contributed by atoms with E-state index >= 15 is 0 Å². The first-order valence-electron chi connectivity index (χ1n) is 5.15. The van der Waals surface area contributed by atoms with Crippen LogP contribution in [-0.2, 0) is 6.54 Å². The van der Waals surface area contributed by atoms with E-state index in [2.05, 4.69) is 9.97 Å². The van der Waals surface area contributed by atoms with Crippen molar-refractivity contribution in [2.24, 2.45) is 0 Å². The van der Waals surface area contributed by atoms with E-state index in [1.807, 2.05) is 32.8 Å². The lowest BCUT2D eigenvalue weighted by Crippen LogP contribution is -2.16. The maximum Gasteiger partial charge on any atom is 0.339 e. The van der Waals surface area contributed by atoms with Crippen molar-refractivity contribution >= 4 is 5.97 Å². The van der Waals surface area contributed by atoms with Gasteiger partial charge in [0.25, 0.3) is 0 Å².